The van der Waals surface area contributed by atoms with Crippen molar-refractivity contribution in [2.75, 3.05) is 32.0 Å². The van der Waals surface area contributed by atoms with Gasteiger partial charge in [0.25, 0.3) is 0 Å². The highest BCUT2D eigenvalue weighted by atomic mass is 32.2. The van der Waals surface area contributed by atoms with Gasteiger partial charge in [0.1, 0.15) is 17.3 Å². The Hall–Kier alpha value is -1.92. The molecule has 1 fully saturated rings. The van der Waals surface area contributed by atoms with Crippen LogP contribution in [0.5, 0.6) is 5.75 Å². The number of furan rings is 1. The molecule has 6 heteroatoms. The molecule has 5 nitrogen and oxygen atoms in total. The van der Waals surface area contributed by atoms with Crippen LogP contribution in [0.15, 0.2) is 40.8 Å². The molecular formula is C23H32N2O3S. The van der Waals surface area contributed by atoms with E-state index in [1.807, 2.05) is 25.1 Å². The lowest BCUT2D eigenvalue weighted by Gasteiger charge is -2.26. The van der Waals surface area contributed by atoms with E-state index in [2.05, 4.69) is 28.4 Å². The molecule has 1 aliphatic heterocycles. The number of likely N-dealkylation sites (tertiary alicyclic amines) is 1. The molecule has 158 valence electrons. The number of hydrogen-bond acceptors (Lipinski definition) is 5. The van der Waals surface area contributed by atoms with Gasteiger partial charge in [-0.05, 0) is 69.1 Å². The first-order valence-electron chi connectivity index (χ1n) is 10.5. The molecule has 1 aliphatic rings. The van der Waals surface area contributed by atoms with E-state index in [0.29, 0.717) is 18.9 Å². The predicted octanol–water partition coefficient (Wildman–Crippen LogP) is 4.39. The van der Waals surface area contributed by atoms with E-state index in [9.17, 15) is 4.79 Å². The summed E-state index contributed by atoms with van der Waals surface area (Å²) in [5.74, 6) is 3.95. The van der Waals surface area contributed by atoms with E-state index in [4.69, 9.17) is 9.15 Å². The van der Waals surface area contributed by atoms with Crippen LogP contribution in [0.1, 0.15) is 42.8 Å². The van der Waals surface area contributed by atoms with E-state index in [-0.39, 0.29) is 5.91 Å². The number of nitrogens with zero attached hydrogens (tertiary/aromatic N) is 1. The quantitative estimate of drug-likeness (QED) is 0.551. The van der Waals surface area contributed by atoms with Crippen LogP contribution in [-0.4, -0.2) is 42.8 Å². The number of ether oxygens (including phenoxy) is 1. The van der Waals surface area contributed by atoms with Crippen molar-refractivity contribution in [3.63, 3.8) is 0 Å². The minimum absolute atomic E-state index is 0.0572. The molecule has 0 unspecified atom stereocenters. The third kappa shape index (κ3) is 8.15. The Morgan fingerprint density at radius 3 is 2.86 bits per heavy atom. The summed E-state index contributed by atoms with van der Waals surface area (Å²) < 4.78 is 11.4. The maximum Gasteiger partial charge on any atom is 0.230 e. The van der Waals surface area contributed by atoms with Crippen LogP contribution >= 0.6 is 11.8 Å². The Bertz CT molecular complexity index is 756. The van der Waals surface area contributed by atoms with Crippen molar-refractivity contribution in [3.8, 4) is 5.75 Å². The summed E-state index contributed by atoms with van der Waals surface area (Å²) >= 11 is 1.56. The standard InChI is InChI=1S/C23H32N2O3S/c1-19-9-10-22(28-19)17-29-18-23(26)24-11-6-14-27-21-8-5-7-20(15-21)16-25-12-3-2-4-13-25/h5,7-10,15H,2-4,6,11-14,16-18H2,1H3,(H,24,26). The molecule has 1 aromatic carbocycles. The molecule has 1 aromatic heterocycles. The molecule has 0 radical (unpaired) electrons. The second-order valence-corrected chi connectivity index (χ2v) is 8.53. The molecule has 2 aromatic rings. The van der Waals surface area contributed by atoms with Crippen LogP contribution in [-0.2, 0) is 17.1 Å². The van der Waals surface area contributed by atoms with Gasteiger partial charge in [-0.15, -0.1) is 11.8 Å². The average molecular weight is 417 g/mol. The number of piperidine rings is 1. The lowest BCUT2D eigenvalue weighted by molar-refractivity contribution is -0.118. The molecule has 2 heterocycles. The smallest absolute Gasteiger partial charge is 0.230 e. The summed E-state index contributed by atoms with van der Waals surface area (Å²) in [5, 5.41) is 2.95. The molecule has 3 rings (SSSR count). The molecule has 0 saturated carbocycles. The highest BCUT2D eigenvalue weighted by Gasteiger charge is 2.10. The molecule has 0 aliphatic carbocycles. The van der Waals surface area contributed by atoms with Gasteiger partial charge in [0.2, 0.25) is 5.91 Å². The summed E-state index contributed by atoms with van der Waals surface area (Å²) in [6.07, 6.45) is 4.77. The zero-order valence-electron chi connectivity index (χ0n) is 17.3. The molecule has 0 spiro atoms. The lowest BCUT2D eigenvalue weighted by Crippen LogP contribution is -2.29. The Morgan fingerprint density at radius 2 is 2.07 bits per heavy atom. The highest BCUT2D eigenvalue weighted by molar-refractivity contribution is 7.99. The minimum Gasteiger partial charge on any atom is -0.494 e. The van der Waals surface area contributed by atoms with Crippen molar-refractivity contribution in [2.45, 2.75) is 44.9 Å². The zero-order chi connectivity index (χ0) is 20.3. The van der Waals surface area contributed by atoms with Crippen molar-refractivity contribution < 1.29 is 13.9 Å². The van der Waals surface area contributed by atoms with Crippen LogP contribution in [0, 0.1) is 6.92 Å². The first kappa shape index (κ1) is 21.8. The maximum absolute atomic E-state index is 11.9. The van der Waals surface area contributed by atoms with E-state index < -0.39 is 0 Å². The second-order valence-electron chi connectivity index (χ2n) is 7.54. The number of rotatable bonds is 11. The Morgan fingerprint density at radius 1 is 1.21 bits per heavy atom. The monoisotopic (exact) mass is 416 g/mol. The van der Waals surface area contributed by atoms with E-state index in [1.54, 1.807) is 11.8 Å². The summed E-state index contributed by atoms with van der Waals surface area (Å²) in [6, 6.07) is 12.3. The molecule has 0 atom stereocenters. The first-order chi connectivity index (χ1) is 14.2. The van der Waals surface area contributed by atoms with Crippen LogP contribution < -0.4 is 10.1 Å². The number of carbonyl (C=O) groups is 1. The van der Waals surface area contributed by atoms with Gasteiger partial charge in [0.15, 0.2) is 0 Å². The third-order valence-electron chi connectivity index (χ3n) is 4.94. The van der Waals surface area contributed by atoms with Gasteiger partial charge in [-0.2, -0.15) is 0 Å². The number of nitrogens with one attached hydrogen (secondary N) is 1. The van der Waals surface area contributed by atoms with Gasteiger partial charge >= 0.3 is 0 Å². The lowest BCUT2D eigenvalue weighted by atomic mass is 10.1. The fraction of sp³-hybridized carbons (Fsp3) is 0.522. The molecule has 29 heavy (non-hydrogen) atoms. The van der Waals surface area contributed by atoms with Crippen LogP contribution in [0.2, 0.25) is 0 Å². The Labute approximate surface area is 178 Å². The van der Waals surface area contributed by atoms with Crippen molar-refractivity contribution >= 4 is 17.7 Å². The largest absolute Gasteiger partial charge is 0.494 e. The van der Waals surface area contributed by atoms with Gasteiger partial charge in [-0.1, -0.05) is 18.6 Å². The molecule has 1 saturated heterocycles. The number of carbonyl (C=O) groups excluding carboxylic acids is 1. The van der Waals surface area contributed by atoms with Crippen molar-refractivity contribution in [3.05, 3.63) is 53.5 Å². The number of benzene rings is 1. The first-order valence-corrected chi connectivity index (χ1v) is 11.7. The normalized spacial score (nSPS) is 14.7. The maximum atomic E-state index is 11.9. The van der Waals surface area contributed by atoms with Crippen molar-refractivity contribution in [2.24, 2.45) is 0 Å². The Balaban J connectivity index is 1.26. The number of amides is 1. The van der Waals surface area contributed by atoms with Crippen molar-refractivity contribution in [1.29, 1.82) is 0 Å². The summed E-state index contributed by atoms with van der Waals surface area (Å²) in [6.45, 7) is 6.56. The predicted molar refractivity (Wildman–Crippen MR) is 118 cm³/mol. The minimum atomic E-state index is 0.0572. The van der Waals surface area contributed by atoms with E-state index >= 15 is 0 Å². The number of hydrogen-bond donors (Lipinski definition) is 1. The van der Waals surface area contributed by atoms with Gasteiger partial charge in [-0.3, -0.25) is 9.69 Å². The fourth-order valence-electron chi connectivity index (χ4n) is 3.46. The Kier molecular flexibility index (Phi) is 8.96. The van der Waals surface area contributed by atoms with Crippen molar-refractivity contribution in [1.82, 2.24) is 10.2 Å². The molecule has 1 amide bonds. The topological polar surface area (TPSA) is 54.7 Å². The molecule has 1 N–H and O–H groups in total. The second kappa shape index (κ2) is 11.9. The van der Waals surface area contributed by atoms with E-state index in [0.717, 1.165) is 36.0 Å². The summed E-state index contributed by atoms with van der Waals surface area (Å²) in [7, 11) is 0. The third-order valence-corrected chi connectivity index (χ3v) is 5.89. The van der Waals surface area contributed by atoms with Gasteiger partial charge in [-0.25, -0.2) is 0 Å². The summed E-state index contributed by atoms with van der Waals surface area (Å²) in [4.78, 5) is 14.4. The van der Waals surface area contributed by atoms with Crippen LogP contribution in [0.25, 0.3) is 0 Å². The van der Waals surface area contributed by atoms with Gasteiger partial charge < -0.3 is 14.5 Å². The SMILES string of the molecule is Cc1ccc(CSCC(=O)NCCCOc2cccc(CN3CCCCC3)c2)o1. The van der Waals surface area contributed by atoms with Crippen LogP contribution in [0.3, 0.4) is 0 Å². The van der Waals surface area contributed by atoms with Crippen LogP contribution in [0.4, 0.5) is 0 Å². The van der Waals surface area contributed by atoms with E-state index in [1.165, 1.54) is 37.9 Å². The fourth-order valence-corrected chi connectivity index (χ4v) is 4.20. The summed E-state index contributed by atoms with van der Waals surface area (Å²) in [5.41, 5.74) is 1.31. The average Bonchev–Trinajstić information content (AvgIpc) is 3.14. The highest BCUT2D eigenvalue weighted by Crippen LogP contribution is 2.18. The zero-order valence-corrected chi connectivity index (χ0v) is 18.1. The van der Waals surface area contributed by atoms with Gasteiger partial charge in [0.05, 0.1) is 18.1 Å². The molecule has 0 bridgehead atoms. The van der Waals surface area contributed by atoms with Gasteiger partial charge in [0, 0.05) is 13.1 Å². The number of thioether (sulfide) groups is 1. The number of aryl methyl sites for hydroxylation is 1. The molecular weight excluding hydrogens is 384 g/mol.